The van der Waals surface area contributed by atoms with E-state index < -0.39 is 11.2 Å². The summed E-state index contributed by atoms with van der Waals surface area (Å²) in [5.41, 5.74) is -1.75. The smallest absolute Gasteiger partial charge is 0.311 e. The van der Waals surface area contributed by atoms with Crippen LogP contribution in [0.3, 0.4) is 0 Å². The van der Waals surface area contributed by atoms with E-state index in [0.717, 1.165) is 12.3 Å². The van der Waals surface area contributed by atoms with Gasteiger partial charge in [0.15, 0.2) is 0 Å². The minimum atomic E-state index is -0.921. The number of hydrogen-bond donors (Lipinski definition) is 1. The van der Waals surface area contributed by atoms with E-state index in [9.17, 15) is 14.1 Å². The Morgan fingerprint density at radius 3 is 2.82 bits per heavy atom. The molecule has 0 radical (unpaired) electrons. The van der Waals surface area contributed by atoms with Crippen molar-refractivity contribution in [2.45, 2.75) is 0 Å². The highest BCUT2D eigenvalue weighted by Gasteiger charge is 2.00. The first-order valence-electron chi connectivity index (χ1n) is 2.52. The highest BCUT2D eigenvalue weighted by atomic mass is 19.3. The van der Waals surface area contributed by atoms with E-state index in [1.165, 1.54) is 0 Å². The average molecular weight is 162 g/mol. The SMILES string of the molecule is O=c1cc[nH]c(=O)n1OOF. The van der Waals surface area contributed by atoms with Crippen LogP contribution in [0.2, 0.25) is 0 Å². The third-order valence-corrected chi connectivity index (χ3v) is 0.920. The number of hydrogen-bond acceptors (Lipinski definition) is 4. The fraction of sp³-hybridized carbons (Fsp3) is 0. The van der Waals surface area contributed by atoms with Crippen LogP contribution in [0.1, 0.15) is 0 Å². The summed E-state index contributed by atoms with van der Waals surface area (Å²) in [5.74, 6) is 0. The third kappa shape index (κ3) is 1.44. The molecule has 1 heterocycles. The summed E-state index contributed by atoms with van der Waals surface area (Å²) in [6, 6.07) is 0.973. The van der Waals surface area contributed by atoms with Gasteiger partial charge in [0.2, 0.25) is 0 Å². The molecule has 0 amide bonds. The standard InChI is InChI=1S/C4H3FN2O4/c5-10-11-7-3(8)1-2-6-4(7)9/h1-2H,(H,6,9). The maximum absolute atomic E-state index is 11.0. The van der Waals surface area contributed by atoms with Gasteiger partial charge in [-0.05, 0) is 9.26 Å². The summed E-state index contributed by atoms with van der Waals surface area (Å²) >= 11 is 0. The van der Waals surface area contributed by atoms with Gasteiger partial charge in [0, 0.05) is 12.3 Å². The Morgan fingerprint density at radius 2 is 2.27 bits per heavy atom. The van der Waals surface area contributed by atoms with E-state index in [1.54, 1.807) is 0 Å². The summed E-state index contributed by atoms with van der Waals surface area (Å²) in [5, 5.41) is 2.63. The van der Waals surface area contributed by atoms with Crippen LogP contribution in [0, 0.1) is 0 Å². The molecule has 1 rings (SSSR count). The molecular formula is C4H3FN2O4. The van der Waals surface area contributed by atoms with E-state index in [-0.39, 0.29) is 4.73 Å². The van der Waals surface area contributed by atoms with Crippen molar-refractivity contribution in [1.82, 2.24) is 9.71 Å². The summed E-state index contributed by atoms with van der Waals surface area (Å²) < 4.78 is 11.1. The van der Waals surface area contributed by atoms with Crippen LogP contribution < -0.4 is 16.2 Å². The van der Waals surface area contributed by atoms with E-state index in [2.05, 4.69) is 15.1 Å². The molecular weight excluding hydrogens is 159 g/mol. The highest BCUT2D eigenvalue weighted by molar-refractivity contribution is 4.79. The number of H-pyrrole nitrogens is 1. The van der Waals surface area contributed by atoms with Gasteiger partial charge in [-0.25, -0.2) is 4.79 Å². The van der Waals surface area contributed by atoms with Crippen molar-refractivity contribution in [2.24, 2.45) is 0 Å². The fourth-order valence-electron chi connectivity index (χ4n) is 0.509. The monoisotopic (exact) mass is 162 g/mol. The lowest BCUT2D eigenvalue weighted by Crippen LogP contribution is -2.38. The van der Waals surface area contributed by atoms with Gasteiger partial charge in [0.05, 0.1) is 5.09 Å². The van der Waals surface area contributed by atoms with Gasteiger partial charge >= 0.3 is 5.69 Å². The molecule has 1 aromatic heterocycles. The number of aromatic nitrogens is 2. The summed E-state index contributed by atoms with van der Waals surface area (Å²) in [6.45, 7) is 0. The number of halogens is 1. The number of nitrogens with zero attached hydrogens (tertiary/aromatic N) is 1. The van der Waals surface area contributed by atoms with Crippen molar-refractivity contribution in [3.05, 3.63) is 33.1 Å². The number of rotatable bonds is 2. The van der Waals surface area contributed by atoms with Crippen LogP contribution in [0.4, 0.5) is 4.53 Å². The molecule has 0 unspecified atom stereocenters. The van der Waals surface area contributed by atoms with Crippen molar-refractivity contribution in [3.63, 3.8) is 0 Å². The van der Waals surface area contributed by atoms with Crippen molar-refractivity contribution < 1.29 is 14.6 Å². The molecule has 0 atom stereocenters. The van der Waals surface area contributed by atoms with Gasteiger partial charge in [0.25, 0.3) is 5.56 Å². The Balaban J connectivity index is 3.22. The van der Waals surface area contributed by atoms with Gasteiger partial charge in [-0.3, -0.25) is 4.79 Å². The zero-order valence-electron chi connectivity index (χ0n) is 5.11. The normalized spacial score (nSPS) is 9.55. The number of aromatic amines is 1. The first-order chi connectivity index (χ1) is 5.25. The van der Waals surface area contributed by atoms with E-state index >= 15 is 0 Å². The molecule has 0 bridgehead atoms. The lowest BCUT2D eigenvalue weighted by atomic mass is 10.7. The molecule has 1 aromatic rings. The Morgan fingerprint density at radius 1 is 1.55 bits per heavy atom. The van der Waals surface area contributed by atoms with Crippen LogP contribution in [0.5, 0.6) is 0 Å². The summed E-state index contributed by atoms with van der Waals surface area (Å²) in [7, 11) is 0. The van der Waals surface area contributed by atoms with E-state index in [1.807, 2.05) is 0 Å². The van der Waals surface area contributed by atoms with Crippen molar-refractivity contribution >= 4 is 0 Å². The zero-order valence-corrected chi connectivity index (χ0v) is 5.11. The lowest BCUT2D eigenvalue weighted by molar-refractivity contribution is -0.428. The molecule has 0 aliphatic rings. The molecule has 0 fully saturated rings. The molecule has 0 saturated heterocycles. The Hall–Kier alpha value is -1.63. The van der Waals surface area contributed by atoms with Crippen LogP contribution in [-0.4, -0.2) is 9.71 Å². The Labute approximate surface area is 58.6 Å². The lowest BCUT2D eigenvalue weighted by Gasteiger charge is -1.94. The van der Waals surface area contributed by atoms with Crippen LogP contribution in [-0.2, 0) is 5.09 Å². The topological polar surface area (TPSA) is 73.3 Å². The van der Waals surface area contributed by atoms with E-state index in [4.69, 9.17) is 0 Å². The van der Waals surface area contributed by atoms with Crippen LogP contribution in [0.15, 0.2) is 21.9 Å². The Bertz CT molecular complexity index is 314. The first-order valence-corrected chi connectivity index (χ1v) is 2.52. The van der Waals surface area contributed by atoms with Crippen molar-refractivity contribution in [2.75, 3.05) is 0 Å². The summed E-state index contributed by atoms with van der Waals surface area (Å²) in [6.07, 6.45) is 1.10. The molecule has 0 saturated carbocycles. The molecule has 60 valence electrons. The maximum atomic E-state index is 11.0. The van der Waals surface area contributed by atoms with Gasteiger partial charge < -0.3 is 4.98 Å². The van der Waals surface area contributed by atoms with Gasteiger partial charge in [-0.15, -0.1) is 0 Å². The zero-order chi connectivity index (χ0) is 8.27. The Kier molecular flexibility index (Phi) is 2.02. The minimum absolute atomic E-state index is 0.0833. The second-order valence-electron chi connectivity index (χ2n) is 1.55. The largest absolute Gasteiger partial charge is 0.365 e. The molecule has 1 N–H and O–H groups in total. The van der Waals surface area contributed by atoms with Crippen molar-refractivity contribution in [3.8, 4) is 0 Å². The quantitative estimate of drug-likeness (QED) is 0.437. The molecule has 0 spiro atoms. The molecule has 6 nitrogen and oxygen atoms in total. The fourth-order valence-corrected chi connectivity index (χ4v) is 0.509. The third-order valence-electron chi connectivity index (χ3n) is 0.920. The second kappa shape index (κ2) is 2.97. The summed E-state index contributed by atoms with van der Waals surface area (Å²) in [4.78, 5) is 26.8. The number of nitrogens with one attached hydrogen (secondary N) is 1. The molecule has 11 heavy (non-hydrogen) atoms. The van der Waals surface area contributed by atoms with Gasteiger partial charge in [-0.2, -0.15) is 4.99 Å². The second-order valence-corrected chi connectivity index (χ2v) is 1.55. The highest BCUT2D eigenvalue weighted by Crippen LogP contribution is 1.67. The van der Waals surface area contributed by atoms with Crippen LogP contribution >= 0.6 is 0 Å². The minimum Gasteiger partial charge on any atom is -0.311 e. The molecule has 0 aliphatic heterocycles. The predicted molar refractivity (Wildman–Crippen MR) is 30.1 cm³/mol. The van der Waals surface area contributed by atoms with Gasteiger partial charge in [-0.1, -0.05) is 0 Å². The molecule has 0 aromatic carbocycles. The van der Waals surface area contributed by atoms with Crippen molar-refractivity contribution in [1.29, 1.82) is 0 Å². The van der Waals surface area contributed by atoms with Gasteiger partial charge in [0.1, 0.15) is 0 Å². The van der Waals surface area contributed by atoms with E-state index in [0.29, 0.717) is 0 Å². The first kappa shape index (κ1) is 7.48. The average Bonchev–Trinajstić information content (AvgIpc) is 1.97. The predicted octanol–water partition coefficient (Wildman–Crippen LogP) is -1.22. The van der Waals surface area contributed by atoms with Crippen LogP contribution in [0.25, 0.3) is 0 Å². The molecule has 0 aliphatic carbocycles. The maximum Gasteiger partial charge on any atom is 0.365 e. The molecule has 7 heteroatoms.